The van der Waals surface area contributed by atoms with Crippen LogP contribution in [0.4, 0.5) is 10.6 Å². The van der Waals surface area contributed by atoms with Crippen molar-refractivity contribution >= 4 is 45.1 Å². The number of amides is 1. The lowest BCUT2D eigenvalue weighted by atomic mass is 10.0. The smallest absolute Gasteiger partial charge is 0.409 e. The molecule has 0 N–H and O–H groups in total. The van der Waals surface area contributed by atoms with Crippen LogP contribution in [0.1, 0.15) is 19.4 Å². The molecule has 6 nitrogen and oxygen atoms in total. The molecule has 0 bridgehead atoms. The Kier molecular flexibility index (Phi) is 5.87. The van der Waals surface area contributed by atoms with Gasteiger partial charge in [0.05, 0.1) is 12.0 Å². The molecule has 3 aromatic rings. The second-order valence-corrected chi connectivity index (χ2v) is 8.07. The first-order chi connectivity index (χ1) is 14.1. The first-order valence-corrected chi connectivity index (χ1v) is 11.1. The molecule has 1 fully saturated rings. The Morgan fingerprint density at radius 1 is 1.14 bits per heavy atom. The van der Waals surface area contributed by atoms with Gasteiger partial charge < -0.3 is 14.5 Å². The monoisotopic (exact) mass is 430 g/mol. The van der Waals surface area contributed by atoms with E-state index in [1.165, 1.54) is 5.56 Å². The minimum absolute atomic E-state index is 0.245. The van der Waals surface area contributed by atoms with Crippen LogP contribution in [0, 0.1) is 0 Å². The number of thiophene rings is 1. The molecular weight excluding hydrogens is 408 g/mol. The lowest BCUT2D eigenvalue weighted by Gasteiger charge is -2.35. The quantitative estimate of drug-likeness (QED) is 0.553. The Hall–Kier alpha value is -2.38. The van der Waals surface area contributed by atoms with Crippen molar-refractivity contribution in [3.63, 3.8) is 0 Å². The van der Waals surface area contributed by atoms with E-state index in [2.05, 4.69) is 51.4 Å². The normalized spacial score (nSPS) is 14.4. The standard InChI is InChI=1S/C21H23ClN4O2S/c1-3-14-5-7-15(8-6-14)16-13-29-19-17(16)18(23-20(22)24-19)25-9-11-26(12-10-25)21(27)28-4-2/h5-8,13H,3-4,9-12H2,1-2H3. The average molecular weight is 431 g/mol. The van der Waals surface area contributed by atoms with Gasteiger partial charge in [-0.25, -0.2) is 9.78 Å². The first kappa shape index (κ1) is 19.9. The molecule has 0 radical (unpaired) electrons. The number of hydrogen-bond acceptors (Lipinski definition) is 6. The highest BCUT2D eigenvalue weighted by atomic mass is 35.5. The van der Waals surface area contributed by atoms with E-state index >= 15 is 0 Å². The number of benzene rings is 1. The van der Waals surface area contributed by atoms with Crippen molar-refractivity contribution in [2.45, 2.75) is 20.3 Å². The zero-order valence-corrected chi connectivity index (χ0v) is 18.1. The summed E-state index contributed by atoms with van der Waals surface area (Å²) >= 11 is 7.81. The van der Waals surface area contributed by atoms with E-state index in [-0.39, 0.29) is 11.4 Å². The number of aryl methyl sites for hydroxylation is 1. The topological polar surface area (TPSA) is 58.6 Å². The molecule has 0 unspecified atom stereocenters. The summed E-state index contributed by atoms with van der Waals surface area (Å²) in [7, 11) is 0. The molecule has 0 atom stereocenters. The lowest BCUT2D eigenvalue weighted by Crippen LogP contribution is -2.49. The van der Waals surface area contributed by atoms with Gasteiger partial charge in [0.1, 0.15) is 10.6 Å². The molecule has 1 aliphatic heterocycles. The fourth-order valence-corrected chi connectivity index (χ4v) is 4.73. The summed E-state index contributed by atoms with van der Waals surface area (Å²) in [5.74, 6) is 0.833. The van der Waals surface area contributed by atoms with Gasteiger partial charge in [0.15, 0.2) is 0 Å². The second-order valence-electron chi connectivity index (χ2n) is 6.87. The maximum absolute atomic E-state index is 12.0. The van der Waals surface area contributed by atoms with Gasteiger partial charge in [-0.3, -0.25) is 0 Å². The largest absolute Gasteiger partial charge is 0.450 e. The van der Waals surface area contributed by atoms with Crippen LogP contribution < -0.4 is 4.90 Å². The molecule has 4 rings (SSSR count). The molecule has 0 aliphatic carbocycles. The van der Waals surface area contributed by atoms with E-state index in [9.17, 15) is 4.79 Å². The highest BCUT2D eigenvalue weighted by Gasteiger charge is 2.26. The molecule has 152 valence electrons. The highest BCUT2D eigenvalue weighted by molar-refractivity contribution is 7.17. The summed E-state index contributed by atoms with van der Waals surface area (Å²) in [6.45, 7) is 6.88. The predicted molar refractivity (Wildman–Crippen MR) is 118 cm³/mol. The Balaban J connectivity index is 1.67. The number of rotatable bonds is 4. The molecule has 1 saturated heterocycles. The molecule has 8 heteroatoms. The van der Waals surface area contributed by atoms with Crippen molar-refractivity contribution in [1.82, 2.24) is 14.9 Å². The van der Waals surface area contributed by atoms with Gasteiger partial charge in [0.25, 0.3) is 0 Å². The number of nitrogens with zero attached hydrogens (tertiary/aromatic N) is 4. The van der Waals surface area contributed by atoms with E-state index in [1.54, 1.807) is 16.2 Å². The lowest BCUT2D eigenvalue weighted by molar-refractivity contribution is 0.105. The van der Waals surface area contributed by atoms with Gasteiger partial charge in [-0.2, -0.15) is 4.98 Å². The van der Waals surface area contributed by atoms with Crippen molar-refractivity contribution in [3.05, 3.63) is 40.5 Å². The number of ether oxygens (including phenoxy) is 1. The minimum atomic E-state index is -0.259. The van der Waals surface area contributed by atoms with Gasteiger partial charge in [0, 0.05) is 37.1 Å². The van der Waals surface area contributed by atoms with E-state index in [0.29, 0.717) is 32.8 Å². The number of piperazine rings is 1. The maximum Gasteiger partial charge on any atom is 0.409 e. The Bertz CT molecular complexity index is 1010. The predicted octanol–water partition coefficient (Wildman–Crippen LogP) is 4.85. The van der Waals surface area contributed by atoms with Crippen molar-refractivity contribution in [2.75, 3.05) is 37.7 Å². The van der Waals surface area contributed by atoms with Crippen molar-refractivity contribution < 1.29 is 9.53 Å². The van der Waals surface area contributed by atoms with E-state index in [1.807, 2.05) is 6.92 Å². The summed E-state index contributed by atoms with van der Waals surface area (Å²) in [5, 5.41) is 3.39. The third-order valence-electron chi connectivity index (χ3n) is 5.17. The zero-order chi connectivity index (χ0) is 20.4. The van der Waals surface area contributed by atoms with Gasteiger partial charge in [-0.15, -0.1) is 11.3 Å². The zero-order valence-electron chi connectivity index (χ0n) is 16.5. The van der Waals surface area contributed by atoms with E-state index in [0.717, 1.165) is 33.6 Å². The summed E-state index contributed by atoms with van der Waals surface area (Å²) in [6, 6.07) is 8.62. The molecule has 3 heterocycles. The van der Waals surface area contributed by atoms with Crippen molar-refractivity contribution in [3.8, 4) is 11.1 Å². The summed E-state index contributed by atoms with van der Waals surface area (Å²) in [6.07, 6.45) is 0.754. The number of carbonyl (C=O) groups is 1. The summed E-state index contributed by atoms with van der Waals surface area (Å²) in [4.78, 5) is 25.8. The number of fused-ring (bicyclic) bond motifs is 1. The van der Waals surface area contributed by atoms with Gasteiger partial charge in [-0.1, -0.05) is 31.2 Å². The maximum atomic E-state index is 12.0. The Morgan fingerprint density at radius 2 is 1.86 bits per heavy atom. The van der Waals surface area contributed by atoms with Crippen LogP contribution in [-0.2, 0) is 11.2 Å². The third-order valence-corrected chi connectivity index (χ3v) is 6.21. The molecule has 29 heavy (non-hydrogen) atoms. The number of hydrogen-bond donors (Lipinski definition) is 0. The van der Waals surface area contributed by atoms with Crippen LogP contribution in [0.3, 0.4) is 0 Å². The average Bonchev–Trinajstić information content (AvgIpc) is 3.17. The summed E-state index contributed by atoms with van der Waals surface area (Å²) in [5.41, 5.74) is 3.57. The Morgan fingerprint density at radius 3 is 2.52 bits per heavy atom. The van der Waals surface area contributed by atoms with E-state index in [4.69, 9.17) is 16.3 Å². The molecule has 2 aromatic heterocycles. The SMILES string of the molecule is CCOC(=O)N1CCN(c2nc(Cl)nc3scc(-c4ccc(CC)cc4)c23)CC1. The van der Waals surface area contributed by atoms with Crippen LogP contribution in [0.5, 0.6) is 0 Å². The minimum Gasteiger partial charge on any atom is -0.450 e. The number of halogens is 1. The second kappa shape index (κ2) is 8.55. The van der Waals surface area contributed by atoms with Gasteiger partial charge in [-0.05, 0) is 36.1 Å². The first-order valence-electron chi connectivity index (χ1n) is 9.81. The van der Waals surface area contributed by atoms with Crippen LogP contribution in [-0.4, -0.2) is 53.7 Å². The molecule has 0 saturated carbocycles. The van der Waals surface area contributed by atoms with Gasteiger partial charge >= 0.3 is 6.09 Å². The molecular formula is C21H23ClN4O2S. The van der Waals surface area contributed by atoms with Crippen molar-refractivity contribution in [1.29, 1.82) is 0 Å². The number of anilines is 1. The van der Waals surface area contributed by atoms with Crippen LogP contribution in [0.25, 0.3) is 21.3 Å². The molecule has 1 aliphatic rings. The highest BCUT2D eigenvalue weighted by Crippen LogP contribution is 2.39. The number of carbonyl (C=O) groups excluding carboxylic acids is 1. The third kappa shape index (κ3) is 4.02. The van der Waals surface area contributed by atoms with Crippen LogP contribution in [0.15, 0.2) is 29.6 Å². The van der Waals surface area contributed by atoms with Crippen LogP contribution >= 0.6 is 22.9 Å². The van der Waals surface area contributed by atoms with Gasteiger partial charge in [0.2, 0.25) is 5.28 Å². The Labute approximate surface area is 179 Å². The molecule has 0 spiro atoms. The van der Waals surface area contributed by atoms with Crippen molar-refractivity contribution in [2.24, 2.45) is 0 Å². The summed E-state index contributed by atoms with van der Waals surface area (Å²) < 4.78 is 5.12. The fourth-order valence-electron chi connectivity index (χ4n) is 3.58. The van der Waals surface area contributed by atoms with E-state index < -0.39 is 0 Å². The fraction of sp³-hybridized carbons (Fsp3) is 0.381. The van der Waals surface area contributed by atoms with Crippen LogP contribution in [0.2, 0.25) is 5.28 Å². The molecule has 1 amide bonds. The number of aromatic nitrogens is 2. The molecule has 1 aromatic carbocycles.